The number of ether oxygens (including phenoxy) is 2. The average molecular weight is 440 g/mol. The normalized spacial score (nSPS) is 14.2. The molecule has 1 amide bonds. The number of carbonyl (C=O) groups excluding carboxylic acids is 1. The zero-order valence-electron chi connectivity index (χ0n) is 19.1. The highest BCUT2D eigenvalue weighted by Crippen LogP contribution is 2.28. The Hall–Kier alpha value is -3.42. The number of amides is 1. The number of anilines is 1. The molecule has 0 saturated carbocycles. The van der Waals surface area contributed by atoms with Crippen LogP contribution in [-0.4, -0.2) is 70.3 Å². The minimum atomic E-state index is -0.108. The van der Waals surface area contributed by atoms with Crippen LogP contribution in [0.2, 0.25) is 0 Å². The van der Waals surface area contributed by atoms with Gasteiger partial charge in [0.05, 0.1) is 19.9 Å². The standard InChI is InChI=1S/C24H33N5O3/c1-4-25-24(27-18-23(30)26-17-19-9-11-20(31-2)12-10-19)29-15-13-28(14-16-29)21-7-5-6-8-22(21)32-3/h5-12H,4,13-18H2,1-3H3,(H,25,27)(H,26,30). The second-order valence-corrected chi connectivity index (χ2v) is 7.44. The lowest BCUT2D eigenvalue weighted by molar-refractivity contribution is -0.119. The molecule has 1 heterocycles. The molecule has 1 saturated heterocycles. The van der Waals surface area contributed by atoms with Crippen LogP contribution >= 0.6 is 0 Å². The molecule has 2 N–H and O–H groups in total. The lowest BCUT2D eigenvalue weighted by Gasteiger charge is -2.38. The van der Waals surface area contributed by atoms with Crippen molar-refractivity contribution in [2.45, 2.75) is 13.5 Å². The van der Waals surface area contributed by atoms with Crippen LogP contribution in [0.4, 0.5) is 5.69 Å². The number of carbonyl (C=O) groups is 1. The summed E-state index contributed by atoms with van der Waals surface area (Å²) in [6, 6.07) is 15.7. The number of nitrogens with one attached hydrogen (secondary N) is 2. The van der Waals surface area contributed by atoms with Gasteiger partial charge in [-0.2, -0.15) is 0 Å². The number of para-hydroxylation sites is 2. The third-order valence-corrected chi connectivity index (χ3v) is 5.36. The van der Waals surface area contributed by atoms with Crippen LogP contribution in [-0.2, 0) is 11.3 Å². The Kier molecular flexibility index (Phi) is 8.60. The molecule has 1 fully saturated rings. The maximum atomic E-state index is 12.3. The molecule has 2 aromatic carbocycles. The molecular formula is C24H33N5O3. The van der Waals surface area contributed by atoms with Gasteiger partial charge >= 0.3 is 0 Å². The topological polar surface area (TPSA) is 78.4 Å². The third-order valence-electron chi connectivity index (χ3n) is 5.36. The van der Waals surface area contributed by atoms with E-state index in [1.54, 1.807) is 14.2 Å². The zero-order chi connectivity index (χ0) is 22.8. The van der Waals surface area contributed by atoms with E-state index in [2.05, 4.69) is 31.5 Å². The number of hydrogen-bond acceptors (Lipinski definition) is 5. The van der Waals surface area contributed by atoms with E-state index in [1.807, 2.05) is 49.4 Å². The molecule has 3 rings (SSSR count). The van der Waals surface area contributed by atoms with Crippen LogP contribution in [0.5, 0.6) is 11.5 Å². The van der Waals surface area contributed by atoms with E-state index in [0.717, 1.165) is 61.4 Å². The number of nitrogens with zero attached hydrogens (tertiary/aromatic N) is 3. The lowest BCUT2D eigenvalue weighted by Crippen LogP contribution is -2.52. The SMILES string of the molecule is CCNC(=NCC(=O)NCc1ccc(OC)cc1)N1CCN(c2ccccc2OC)CC1. The van der Waals surface area contributed by atoms with Gasteiger partial charge in [-0.25, -0.2) is 4.99 Å². The summed E-state index contributed by atoms with van der Waals surface area (Å²) in [7, 11) is 3.33. The van der Waals surface area contributed by atoms with Gasteiger partial charge in [0.2, 0.25) is 5.91 Å². The van der Waals surface area contributed by atoms with Gasteiger partial charge in [-0.15, -0.1) is 0 Å². The average Bonchev–Trinajstić information content (AvgIpc) is 2.85. The van der Waals surface area contributed by atoms with Crippen molar-refractivity contribution in [3.05, 3.63) is 54.1 Å². The summed E-state index contributed by atoms with van der Waals surface area (Å²) in [5.74, 6) is 2.34. The molecule has 0 bridgehead atoms. The predicted molar refractivity (Wildman–Crippen MR) is 128 cm³/mol. The van der Waals surface area contributed by atoms with Gasteiger partial charge in [0.1, 0.15) is 18.0 Å². The second kappa shape index (κ2) is 11.8. The fraction of sp³-hybridized carbons (Fsp3) is 0.417. The fourth-order valence-electron chi connectivity index (χ4n) is 3.62. The van der Waals surface area contributed by atoms with Crippen LogP contribution in [0.3, 0.4) is 0 Å². The van der Waals surface area contributed by atoms with Gasteiger partial charge < -0.3 is 29.9 Å². The molecule has 0 aromatic heterocycles. The van der Waals surface area contributed by atoms with Crippen molar-refractivity contribution in [3.8, 4) is 11.5 Å². The maximum Gasteiger partial charge on any atom is 0.242 e. The molecule has 8 nitrogen and oxygen atoms in total. The summed E-state index contributed by atoms with van der Waals surface area (Å²) >= 11 is 0. The van der Waals surface area contributed by atoms with Crippen molar-refractivity contribution in [1.29, 1.82) is 0 Å². The number of benzene rings is 2. The quantitative estimate of drug-likeness (QED) is 0.485. The van der Waals surface area contributed by atoms with Crippen molar-refractivity contribution in [3.63, 3.8) is 0 Å². The van der Waals surface area contributed by atoms with Gasteiger partial charge in [0.15, 0.2) is 5.96 Å². The Morgan fingerprint density at radius 1 is 0.969 bits per heavy atom. The number of piperazine rings is 1. The van der Waals surface area contributed by atoms with Crippen molar-refractivity contribution < 1.29 is 14.3 Å². The first-order chi connectivity index (χ1) is 15.6. The number of methoxy groups -OCH3 is 2. The van der Waals surface area contributed by atoms with Gasteiger partial charge in [-0.05, 0) is 36.8 Å². The van der Waals surface area contributed by atoms with Crippen LogP contribution in [0.15, 0.2) is 53.5 Å². The first-order valence-corrected chi connectivity index (χ1v) is 11.0. The number of aliphatic imine (C=N–C) groups is 1. The lowest BCUT2D eigenvalue weighted by atomic mass is 10.2. The Balaban J connectivity index is 1.52. The molecule has 0 unspecified atom stereocenters. The summed E-state index contributed by atoms with van der Waals surface area (Å²) in [6.45, 7) is 6.68. The van der Waals surface area contributed by atoms with Gasteiger partial charge in [0, 0.05) is 39.3 Å². The molecule has 0 aliphatic carbocycles. The minimum Gasteiger partial charge on any atom is -0.497 e. The number of guanidine groups is 1. The van der Waals surface area contributed by atoms with E-state index >= 15 is 0 Å². The highest BCUT2D eigenvalue weighted by molar-refractivity contribution is 5.85. The van der Waals surface area contributed by atoms with Crippen molar-refractivity contribution in [1.82, 2.24) is 15.5 Å². The second-order valence-electron chi connectivity index (χ2n) is 7.44. The number of hydrogen-bond donors (Lipinski definition) is 2. The third kappa shape index (κ3) is 6.29. The van der Waals surface area contributed by atoms with E-state index in [1.165, 1.54) is 0 Å². The fourth-order valence-corrected chi connectivity index (χ4v) is 3.62. The van der Waals surface area contributed by atoms with Crippen molar-refractivity contribution >= 4 is 17.6 Å². The highest BCUT2D eigenvalue weighted by atomic mass is 16.5. The maximum absolute atomic E-state index is 12.3. The summed E-state index contributed by atoms with van der Waals surface area (Å²) in [6.07, 6.45) is 0. The molecule has 1 aliphatic heterocycles. The Morgan fingerprint density at radius 2 is 1.69 bits per heavy atom. The number of rotatable bonds is 8. The molecule has 0 atom stereocenters. The minimum absolute atomic E-state index is 0.0885. The van der Waals surface area contributed by atoms with Crippen LogP contribution in [0.1, 0.15) is 12.5 Å². The Bertz CT molecular complexity index is 893. The predicted octanol–water partition coefficient (Wildman–Crippen LogP) is 2.11. The Labute approximate surface area is 190 Å². The van der Waals surface area contributed by atoms with Gasteiger partial charge in [-0.3, -0.25) is 4.79 Å². The highest BCUT2D eigenvalue weighted by Gasteiger charge is 2.21. The molecule has 0 spiro atoms. The largest absolute Gasteiger partial charge is 0.497 e. The van der Waals surface area contributed by atoms with Crippen molar-refractivity contribution in [2.24, 2.45) is 4.99 Å². The Morgan fingerprint density at radius 3 is 2.34 bits per heavy atom. The van der Waals surface area contributed by atoms with E-state index in [9.17, 15) is 4.79 Å². The van der Waals surface area contributed by atoms with Gasteiger partial charge in [-0.1, -0.05) is 24.3 Å². The summed E-state index contributed by atoms with van der Waals surface area (Å²) in [5, 5.41) is 6.23. The van der Waals surface area contributed by atoms with Crippen molar-refractivity contribution in [2.75, 3.05) is 58.4 Å². The zero-order valence-corrected chi connectivity index (χ0v) is 19.1. The van der Waals surface area contributed by atoms with E-state index in [0.29, 0.717) is 6.54 Å². The van der Waals surface area contributed by atoms with E-state index in [-0.39, 0.29) is 12.5 Å². The molecule has 0 radical (unpaired) electrons. The van der Waals surface area contributed by atoms with E-state index in [4.69, 9.17) is 9.47 Å². The van der Waals surface area contributed by atoms with Gasteiger partial charge in [0.25, 0.3) is 0 Å². The van der Waals surface area contributed by atoms with E-state index < -0.39 is 0 Å². The summed E-state index contributed by atoms with van der Waals surface area (Å²) in [4.78, 5) is 21.4. The van der Waals surface area contributed by atoms with Crippen LogP contribution in [0, 0.1) is 0 Å². The smallest absolute Gasteiger partial charge is 0.242 e. The van der Waals surface area contributed by atoms with Crippen LogP contribution in [0.25, 0.3) is 0 Å². The molecule has 172 valence electrons. The first-order valence-electron chi connectivity index (χ1n) is 11.0. The molecule has 2 aromatic rings. The molecule has 8 heteroatoms. The first kappa shape index (κ1) is 23.2. The monoisotopic (exact) mass is 439 g/mol. The van der Waals surface area contributed by atoms with Crippen LogP contribution < -0.4 is 25.0 Å². The summed E-state index contributed by atoms with van der Waals surface area (Å²) in [5.41, 5.74) is 2.12. The molecular weight excluding hydrogens is 406 g/mol. The molecule has 1 aliphatic rings. The summed E-state index contributed by atoms with van der Waals surface area (Å²) < 4.78 is 10.7. The molecule has 32 heavy (non-hydrogen) atoms.